The number of nitrogens with zero attached hydrogens (tertiary/aromatic N) is 6. The third kappa shape index (κ3) is 9.73. The number of phosphoric acid groups is 2. The largest absolute Gasteiger partial charge is 0.472 e. The standard InChI is InChI=1S/C22H34N9O15P3/c23-16-2-4-30(22(33)29-16)17-7-13(14(43-17)8-41-48(36,37)38)46-49(39,40)42-9-15-12(45-47(34,35)28-3-1-5-32)6-18(44-15)31-11-27-19-20(24)25-10-26-21(19)31/h2,4,10-15,17-18,32H,1,3,5-9H2,(H,39,40)(H2,23,29,33)(H2,24,25,26)(H2,28,34,35)(H2,36,37,38)/t12-,13-,14+,15+,17+,18+/m0/s1. The number of rotatable bonds is 16. The van der Waals surface area contributed by atoms with E-state index in [4.69, 9.17) is 39.6 Å². The van der Waals surface area contributed by atoms with Crippen LogP contribution in [0, 0.1) is 0 Å². The summed E-state index contributed by atoms with van der Waals surface area (Å²) in [5.41, 5.74) is 11.1. The molecule has 2 aliphatic heterocycles. The van der Waals surface area contributed by atoms with Crippen molar-refractivity contribution in [3.8, 4) is 0 Å². The van der Waals surface area contributed by atoms with Crippen LogP contribution in [0.1, 0.15) is 31.7 Å². The van der Waals surface area contributed by atoms with E-state index in [9.17, 15) is 38.1 Å². The fourth-order valence-electron chi connectivity index (χ4n) is 5.05. The highest BCUT2D eigenvalue weighted by Gasteiger charge is 2.46. The summed E-state index contributed by atoms with van der Waals surface area (Å²) in [4.78, 5) is 67.6. The van der Waals surface area contributed by atoms with Crippen LogP contribution in [-0.4, -0.2) is 105 Å². The van der Waals surface area contributed by atoms with E-state index in [2.05, 4.69) is 29.5 Å². The second-order valence-corrected chi connectivity index (χ2v) is 14.9. The zero-order valence-electron chi connectivity index (χ0n) is 25.2. The number of nitrogens with one attached hydrogen (secondary N) is 1. The monoisotopic (exact) mass is 757 g/mol. The second kappa shape index (κ2) is 15.2. The predicted octanol–water partition coefficient (Wildman–Crippen LogP) is -1.11. The van der Waals surface area contributed by atoms with Crippen LogP contribution in [0.5, 0.6) is 0 Å². The fourth-order valence-corrected chi connectivity index (χ4v) is 7.46. The van der Waals surface area contributed by atoms with E-state index in [-0.39, 0.29) is 55.2 Å². The highest BCUT2D eigenvalue weighted by atomic mass is 31.2. The minimum Gasteiger partial charge on any atom is -0.396 e. The maximum Gasteiger partial charge on any atom is 0.472 e. The summed E-state index contributed by atoms with van der Waals surface area (Å²) in [5.74, 6) is -0.00151. The van der Waals surface area contributed by atoms with Gasteiger partial charge in [0.05, 0.1) is 19.5 Å². The van der Waals surface area contributed by atoms with Crippen molar-refractivity contribution in [1.82, 2.24) is 34.2 Å². The molecule has 0 saturated carbocycles. The average Bonchev–Trinajstić information content (AvgIpc) is 3.72. The summed E-state index contributed by atoms with van der Waals surface area (Å²) < 4.78 is 71.9. The molecule has 0 aromatic carbocycles. The Kier molecular flexibility index (Phi) is 11.7. The molecule has 0 aliphatic carbocycles. The Morgan fingerprint density at radius 2 is 1.59 bits per heavy atom. The highest BCUT2D eigenvalue weighted by Crippen LogP contribution is 2.51. The summed E-state index contributed by atoms with van der Waals surface area (Å²) in [5, 5.41) is 11.3. The van der Waals surface area contributed by atoms with Gasteiger partial charge in [0.15, 0.2) is 11.5 Å². The first-order valence-electron chi connectivity index (χ1n) is 14.4. The number of phosphoric ester groups is 2. The van der Waals surface area contributed by atoms with Crippen molar-refractivity contribution >= 4 is 46.2 Å². The molecule has 5 heterocycles. The molecule has 0 bridgehead atoms. The van der Waals surface area contributed by atoms with Gasteiger partial charge in [-0.25, -0.2) is 38.5 Å². The molecule has 27 heteroatoms. The van der Waals surface area contributed by atoms with Crippen LogP contribution in [0.3, 0.4) is 0 Å². The van der Waals surface area contributed by atoms with E-state index in [1.807, 2.05) is 0 Å². The van der Waals surface area contributed by atoms with E-state index in [1.165, 1.54) is 29.5 Å². The molecular formula is C22H34N9O15P3. The molecule has 3 aromatic heterocycles. The average molecular weight is 757 g/mol. The molecule has 49 heavy (non-hydrogen) atoms. The Balaban J connectivity index is 1.31. The molecular weight excluding hydrogens is 723 g/mol. The molecule has 3 aromatic rings. The zero-order valence-corrected chi connectivity index (χ0v) is 27.9. The van der Waals surface area contributed by atoms with Crippen molar-refractivity contribution in [2.24, 2.45) is 0 Å². The van der Waals surface area contributed by atoms with Gasteiger partial charge in [-0.15, -0.1) is 0 Å². The van der Waals surface area contributed by atoms with Crippen molar-refractivity contribution < 1.29 is 65.9 Å². The molecule has 2 fully saturated rings. The van der Waals surface area contributed by atoms with Gasteiger partial charge >= 0.3 is 29.1 Å². The van der Waals surface area contributed by atoms with Gasteiger partial charge in [-0.1, -0.05) is 0 Å². The molecule has 8 atom stereocenters. The minimum atomic E-state index is -5.08. The smallest absolute Gasteiger partial charge is 0.396 e. The molecule has 0 radical (unpaired) electrons. The van der Waals surface area contributed by atoms with E-state index < -0.39 is 79.2 Å². The number of aromatic nitrogens is 6. The SMILES string of the molecule is Nc1ccn([C@H]2C[C@H](OP(=O)(O)OC[C@H]3O[C@@H](n4cnc5c(N)ncnc54)C[C@@H]3OP(=O)(O)NCCCO)[C@@H](COP(=O)(O)O)O2)c(=O)n1. The summed E-state index contributed by atoms with van der Waals surface area (Å²) in [7, 11) is -14.6. The van der Waals surface area contributed by atoms with Crippen LogP contribution in [0.2, 0.25) is 0 Å². The first kappa shape index (κ1) is 37.5. The van der Waals surface area contributed by atoms with Gasteiger partial charge in [0.1, 0.15) is 54.5 Å². The lowest BCUT2D eigenvalue weighted by atomic mass is 10.2. The summed E-state index contributed by atoms with van der Waals surface area (Å²) in [6.45, 7) is -1.87. The first-order chi connectivity index (χ1) is 23.0. The molecule has 2 saturated heterocycles. The van der Waals surface area contributed by atoms with Crippen LogP contribution in [0.4, 0.5) is 11.6 Å². The Morgan fingerprint density at radius 3 is 2.24 bits per heavy atom. The lowest BCUT2D eigenvalue weighted by Crippen LogP contribution is -2.31. The quantitative estimate of drug-likeness (QED) is 0.0634. The van der Waals surface area contributed by atoms with Crippen LogP contribution >= 0.6 is 23.4 Å². The van der Waals surface area contributed by atoms with Crippen LogP contribution in [0.15, 0.2) is 29.7 Å². The van der Waals surface area contributed by atoms with Crippen molar-refractivity contribution in [2.75, 3.05) is 37.8 Å². The topological polar surface area (TPSA) is 350 Å². The molecule has 10 N–H and O–H groups in total. The summed E-state index contributed by atoms with van der Waals surface area (Å²) in [6, 6.07) is 1.29. The van der Waals surface area contributed by atoms with Crippen molar-refractivity contribution in [2.45, 2.75) is 56.1 Å². The maximum absolute atomic E-state index is 13.2. The Hall–Kier alpha value is -2.76. The number of hydrogen-bond donors (Lipinski definition) is 8. The molecule has 0 amide bonds. The normalized spacial score (nSPS) is 27.0. The van der Waals surface area contributed by atoms with Gasteiger partial charge in [0.2, 0.25) is 0 Å². The van der Waals surface area contributed by atoms with E-state index >= 15 is 0 Å². The lowest BCUT2D eigenvalue weighted by Gasteiger charge is -2.24. The van der Waals surface area contributed by atoms with Crippen molar-refractivity contribution in [3.63, 3.8) is 0 Å². The summed E-state index contributed by atoms with van der Waals surface area (Å²) in [6.07, 6.45) is -3.90. The van der Waals surface area contributed by atoms with Gasteiger partial charge in [-0.2, -0.15) is 4.98 Å². The Labute approximate surface area is 275 Å². The number of fused-ring (bicyclic) bond motifs is 1. The third-order valence-electron chi connectivity index (χ3n) is 7.22. The zero-order chi connectivity index (χ0) is 35.6. The van der Waals surface area contributed by atoms with Crippen molar-refractivity contribution in [1.29, 1.82) is 0 Å². The molecule has 2 unspecified atom stereocenters. The van der Waals surface area contributed by atoms with Gasteiger partial charge < -0.3 is 45.6 Å². The number of imidazole rings is 1. The molecule has 272 valence electrons. The number of nitrogen functional groups attached to an aromatic ring is 2. The number of hydrogen-bond acceptors (Lipinski definition) is 17. The Morgan fingerprint density at radius 1 is 0.939 bits per heavy atom. The lowest BCUT2D eigenvalue weighted by molar-refractivity contribution is -0.0547. The van der Waals surface area contributed by atoms with Gasteiger partial charge in [0.25, 0.3) is 0 Å². The van der Waals surface area contributed by atoms with Gasteiger partial charge in [0, 0.05) is 32.2 Å². The molecule has 24 nitrogen and oxygen atoms in total. The van der Waals surface area contributed by atoms with Crippen molar-refractivity contribution in [3.05, 3.63) is 35.4 Å². The highest BCUT2D eigenvalue weighted by molar-refractivity contribution is 7.50. The summed E-state index contributed by atoms with van der Waals surface area (Å²) >= 11 is 0. The fraction of sp³-hybridized carbons (Fsp3) is 0.591. The molecule has 0 spiro atoms. The minimum absolute atomic E-state index is 0.0691. The number of aliphatic hydroxyl groups excluding tert-OH is 1. The van der Waals surface area contributed by atoms with Crippen LogP contribution in [0.25, 0.3) is 11.2 Å². The van der Waals surface area contributed by atoms with Crippen LogP contribution in [-0.2, 0) is 41.3 Å². The first-order valence-corrected chi connectivity index (χ1v) is 19.0. The third-order valence-corrected chi connectivity index (χ3v) is 9.90. The number of ether oxygens (including phenoxy) is 2. The molecule has 2 aliphatic rings. The second-order valence-electron chi connectivity index (χ2n) is 10.7. The van der Waals surface area contributed by atoms with E-state index in [1.54, 1.807) is 0 Å². The predicted molar refractivity (Wildman–Crippen MR) is 163 cm³/mol. The number of nitrogens with two attached hydrogens (primary N) is 2. The van der Waals surface area contributed by atoms with E-state index in [0.29, 0.717) is 0 Å². The maximum atomic E-state index is 13.2. The van der Waals surface area contributed by atoms with Gasteiger partial charge in [-0.05, 0) is 12.5 Å². The number of anilines is 2. The van der Waals surface area contributed by atoms with Crippen LogP contribution < -0.4 is 22.2 Å². The Bertz CT molecular complexity index is 1820. The number of aliphatic hydroxyl groups is 1. The molecule has 5 rings (SSSR count). The van der Waals surface area contributed by atoms with E-state index in [0.717, 1.165) is 4.57 Å². The van der Waals surface area contributed by atoms with Gasteiger partial charge in [-0.3, -0.25) is 27.2 Å².